The number of H-pyrrole nitrogens is 2. The lowest BCUT2D eigenvalue weighted by atomic mass is 9.71. The minimum absolute atomic E-state index is 0.0859. The van der Waals surface area contributed by atoms with Crippen LogP contribution in [0.1, 0.15) is 36.2 Å². The van der Waals surface area contributed by atoms with Gasteiger partial charge in [-0.05, 0) is 80.1 Å². The van der Waals surface area contributed by atoms with Crippen LogP contribution in [0.5, 0.6) is 0 Å². The van der Waals surface area contributed by atoms with Crippen LogP contribution in [0, 0.1) is 5.41 Å². The molecule has 2 fully saturated rings. The maximum absolute atomic E-state index is 13.3. The van der Waals surface area contributed by atoms with E-state index in [4.69, 9.17) is 4.98 Å². The molecule has 0 atom stereocenters. The van der Waals surface area contributed by atoms with Gasteiger partial charge in [-0.25, -0.2) is 9.97 Å². The Morgan fingerprint density at radius 2 is 1.70 bits per heavy atom. The van der Waals surface area contributed by atoms with Crippen LogP contribution < -0.4 is 10.6 Å². The number of aromatic nitrogens is 5. The van der Waals surface area contributed by atoms with Crippen molar-refractivity contribution in [2.24, 2.45) is 5.41 Å². The predicted molar refractivity (Wildman–Crippen MR) is 156 cm³/mol. The van der Waals surface area contributed by atoms with Gasteiger partial charge in [-0.15, -0.1) is 0 Å². The van der Waals surface area contributed by atoms with Crippen molar-refractivity contribution in [1.82, 2.24) is 35.4 Å². The Kier molecular flexibility index (Phi) is 6.28. The number of nitrogens with one attached hydrogen (secondary N) is 4. The van der Waals surface area contributed by atoms with Gasteiger partial charge in [-0.2, -0.15) is 5.10 Å². The summed E-state index contributed by atoms with van der Waals surface area (Å²) in [7, 11) is 0. The van der Waals surface area contributed by atoms with Crippen LogP contribution in [0.2, 0.25) is 0 Å². The van der Waals surface area contributed by atoms with Gasteiger partial charge in [0, 0.05) is 53.2 Å². The molecule has 0 saturated carbocycles. The molecule has 9 heteroatoms. The summed E-state index contributed by atoms with van der Waals surface area (Å²) in [6, 6.07) is 18.0. The highest BCUT2D eigenvalue weighted by Crippen LogP contribution is 2.39. The third kappa shape index (κ3) is 4.84. The van der Waals surface area contributed by atoms with E-state index in [1.165, 1.54) is 12.8 Å². The Bertz CT molecular complexity index is 1620. The smallest absolute Gasteiger partial charge is 0.270 e. The Labute approximate surface area is 232 Å². The van der Waals surface area contributed by atoms with Gasteiger partial charge in [0.1, 0.15) is 11.5 Å². The number of hydrogen-bond acceptors (Lipinski definition) is 6. The Hall–Kier alpha value is -4.50. The highest BCUT2D eigenvalue weighted by Gasteiger charge is 2.37. The number of carbonyl (C=O) groups is 1. The number of likely N-dealkylation sites (tertiary alicyclic amines) is 1. The molecule has 1 spiro atoms. The van der Waals surface area contributed by atoms with Crippen molar-refractivity contribution in [1.29, 1.82) is 0 Å². The van der Waals surface area contributed by atoms with E-state index in [0.717, 1.165) is 72.3 Å². The molecule has 2 aromatic carbocycles. The molecule has 7 rings (SSSR count). The number of nitrogens with zero attached hydrogens (tertiary/aromatic N) is 4. The van der Waals surface area contributed by atoms with E-state index >= 15 is 0 Å². The first-order valence-electron chi connectivity index (χ1n) is 14.0. The average molecular weight is 533 g/mol. The number of benzene rings is 2. The van der Waals surface area contributed by atoms with Crippen molar-refractivity contribution in [3.63, 3.8) is 0 Å². The SMILES string of the molecule is O=C(c1cc2ccc(-c3nccc(Nc4ccc(-c5cn[nH]c5)cc4)n3)cc2[nH]1)N1CCC2(CCNCC2)CC1. The molecule has 40 heavy (non-hydrogen) atoms. The minimum atomic E-state index is 0.0859. The molecule has 0 radical (unpaired) electrons. The molecule has 5 heterocycles. The zero-order valence-corrected chi connectivity index (χ0v) is 22.3. The van der Waals surface area contributed by atoms with Crippen molar-refractivity contribution >= 4 is 28.3 Å². The number of anilines is 2. The number of aromatic amines is 2. The molecule has 0 aliphatic carbocycles. The van der Waals surface area contributed by atoms with E-state index in [-0.39, 0.29) is 5.91 Å². The number of fused-ring (bicyclic) bond motifs is 1. The van der Waals surface area contributed by atoms with Crippen molar-refractivity contribution in [3.8, 4) is 22.5 Å². The Morgan fingerprint density at radius 1 is 0.900 bits per heavy atom. The number of carbonyl (C=O) groups excluding carboxylic acids is 1. The molecule has 5 aromatic rings. The van der Waals surface area contributed by atoms with Crippen LogP contribution in [-0.4, -0.2) is 62.1 Å². The summed E-state index contributed by atoms with van der Waals surface area (Å²) >= 11 is 0. The van der Waals surface area contributed by atoms with E-state index in [1.807, 2.05) is 65.7 Å². The van der Waals surface area contributed by atoms with Crippen LogP contribution in [0.4, 0.5) is 11.5 Å². The highest BCUT2D eigenvalue weighted by atomic mass is 16.2. The van der Waals surface area contributed by atoms with Crippen molar-refractivity contribution in [3.05, 3.63) is 78.9 Å². The first-order chi connectivity index (χ1) is 19.6. The van der Waals surface area contributed by atoms with Crippen LogP contribution >= 0.6 is 0 Å². The average Bonchev–Trinajstić information content (AvgIpc) is 3.69. The monoisotopic (exact) mass is 532 g/mol. The molecule has 9 nitrogen and oxygen atoms in total. The van der Waals surface area contributed by atoms with Gasteiger partial charge in [-0.1, -0.05) is 24.3 Å². The summed E-state index contributed by atoms with van der Waals surface area (Å²) in [5.41, 5.74) is 5.92. The highest BCUT2D eigenvalue weighted by molar-refractivity contribution is 5.98. The Morgan fingerprint density at radius 3 is 2.48 bits per heavy atom. The summed E-state index contributed by atoms with van der Waals surface area (Å²) in [6.07, 6.45) is 10.1. The first-order valence-corrected chi connectivity index (χ1v) is 14.0. The van der Waals surface area contributed by atoms with E-state index in [2.05, 4.69) is 30.8 Å². The Balaban J connectivity index is 1.05. The van der Waals surface area contributed by atoms with Crippen LogP contribution in [0.3, 0.4) is 0 Å². The summed E-state index contributed by atoms with van der Waals surface area (Å²) in [5, 5.41) is 14.7. The summed E-state index contributed by atoms with van der Waals surface area (Å²) in [4.78, 5) is 28.0. The number of amides is 1. The molecule has 2 aliphatic heterocycles. The number of rotatable bonds is 5. The minimum Gasteiger partial charge on any atom is -0.351 e. The van der Waals surface area contributed by atoms with Crippen LogP contribution in [-0.2, 0) is 0 Å². The first kappa shape index (κ1) is 24.5. The second-order valence-corrected chi connectivity index (χ2v) is 11.0. The van der Waals surface area contributed by atoms with Crippen LogP contribution in [0.15, 0.2) is 73.2 Å². The number of hydrogen-bond donors (Lipinski definition) is 4. The van der Waals surface area contributed by atoms with Gasteiger partial charge in [-0.3, -0.25) is 9.89 Å². The van der Waals surface area contributed by atoms with Crippen LogP contribution in [0.25, 0.3) is 33.4 Å². The maximum atomic E-state index is 13.3. The largest absolute Gasteiger partial charge is 0.351 e. The van der Waals surface area contributed by atoms with E-state index in [0.29, 0.717) is 22.8 Å². The van der Waals surface area contributed by atoms with Gasteiger partial charge in [0.05, 0.1) is 6.20 Å². The lowest BCUT2D eigenvalue weighted by Crippen LogP contribution is -2.47. The van der Waals surface area contributed by atoms with Gasteiger partial charge in [0.25, 0.3) is 5.91 Å². The predicted octanol–water partition coefficient (Wildman–Crippen LogP) is 5.36. The third-order valence-electron chi connectivity index (χ3n) is 8.53. The van der Waals surface area contributed by atoms with Crippen molar-refractivity contribution in [2.45, 2.75) is 25.7 Å². The second-order valence-electron chi connectivity index (χ2n) is 11.0. The lowest BCUT2D eigenvalue weighted by Gasteiger charge is -2.44. The molecular formula is C31H32N8O. The molecule has 3 aromatic heterocycles. The van der Waals surface area contributed by atoms with Crippen molar-refractivity contribution < 1.29 is 4.79 Å². The maximum Gasteiger partial charge on any atom is 0.270 e. The van der Waals surface area contributed by atoms with E-state index < -0.39 is 0 Å². The summed E-state index contributed by atoms with van der Waals surface area (Å²) in [6.45, 7) is 3.86. The van der Waals surface area contributed by atoms with Gasteiger partial charge < -0.3 is 20.5 Å². The van der Waals surface area contributed by atoms with Gasteiger partial charge >= 0.3 is 0 Å². The quantitative estimate of drug-likeness (QED) is 0.242. The molecule has 0 bridgehead atoms. The second kappa shape index (κ2) is 10.2. The molecule has 202 valence electrons. The third-order valence-corrected chi connectivity index (χ3v) is 8.53. The van der Waals surface area contributed by atoms with E-state index in [9.17, 15) is 4.79 Å². The normalized spacial score (nSPS) is 16.9. The molecule has 1 amide bonds. The molecular weight excluding hydrogens is 500 g/mol. The van der Waals surface area contributed by atoms with Crippen molar-refractivity contribution in [2.75, 3.05) is 31.5 Å². The standard InChI is InChI=1S/C31H32N8O/c40-30(39-15-10-31(11-16-39)8-13-32-14-9-31)27-17-22-1-2-23(18-26(22)37-27)29-33-12-7-28(38-29)36-25-5-3-21(4-6-25)24-19-34-35-20-24/h1-7,12,17-20,32,37H,8-11,13-16H2,(H,34,35)(H,33,36,38). The zero-order chi connectivity index (χ0) is 26.9. The molecule has 4 N–H and O–H groups in total. The van der Waals surface area contributed by atoms with E-state index in [1.54, 1.807) is 12.4 Å². The zero-order valence-electron chi connectivity index (χ0n) is 22.3. The van der Waals surface area contributed by atoms with Gasteiger partial charge in [0.15, 0.2) is 5.82 Å². The van der Waals surface area contributed by atoms with Gasteiger partial charge in [0.2, 0.25) is 0 Å². The fourth-order valence-corrected chi connectivity index (χ4v) is 6.06. The summed E-state index contributed by atoms with van der Waals surface area (Å²) in [5.74, 6) is 1.41. The fraction of sp³-hybridized carbons (Fsp3) is 0.290. The fourth-order valence-electron chi connectivity index (χ4n) is 6.06. The lowest BCUT2D eigenvalue weighted by molar-refractivity contribution is 0.0491. The summed E-state index contributed by atoms with van der Waals surface area (Å²) < 4.78 is 0. The topological polar surface area (TPSA) is 115 Å². The number of piperidine rings is 2. The molecule has 2 saturated heterocycles. The molecule has 0 unspecified atom stereocenters. The molecule has 2 aliphatic rings.